The van der Waals surface area contributed by atoms with Crippen molar-refractivity contribution in [3.05, 3.63) is 83.6 Å². The highest BCUT2D eigenvalue weighted by Gasteiger charge is 2.15. The fraction of sp³-hybridized carbons (Fsp3) is 0.0455. The minimum atomic E-state index is -1.53. The Morgan fingerprint density at radius 3 is 2.64 bits per heavy atom. The second-order valence-corrected chi connectivity index (χ2v) is 6.22. The Labute approximate surface area is 160 Å². The molecule has 2 heterocycles. The maximum atomic E-state index is 11.2. The van der Waals surface area contributed by atoms with Crippen molar-refractivity contribution in [2.75, 3.05) is 0 Å². The van der Waals surface area contributed by atoms with Gasteiger partial charge in [0.15, 0.2) is 5.76 Å². The summed E-state index contributed by atoms with van der Waals surface area (Å²) < 4.78 is 7.57. The van der Waals surface area contributed by atoms with Crippen molar-refractivity contribution in [3.8, 4) is 17.5 Å². The summed E-state index contributed by atoms with van der Waals surface area (Å²) in [6.07, 6.45) is 2.95. The molecule has 6 nitrogen and oxygen atoms in total. The third kappa shape index (κ3) is 3.41. The van der Waals surface area contributed by atoms with E-state index in [9.17, 15) is 9.90 Å². The third-order valence-electron chi connectivity index (χ3n) is 4.28. The summed E-state index contributed by atoms with van der Waals surface area (Å²) >= 11 is 0. The highest BCUT2D eigenvalue weighted by atomic mass is 16.4. The molecule has 0 saturated carbocycles. The van der Waals surface area contributed by atoms with Crippen LogP contribution in [-0.2, 0) is 11.3 Å². The summed E-state index contributed by atoms with van der Waals surface area (Å²) in [6, 6.07) is 20.8. The molecule has 0 unspecified atom stereocenters. The van der Waals surface area contributed by atoms with E-state index in [0.29, 0.717) is 29.1 Å². The van der Waals surface area contributed by atoms with Gasteiger partial charge in [-0.3, -0.25) is 4.68 Å². The lowest BCUT2D eigenvalue weighted by Gasteiger charge is -2.00. The first-order valence-electron chi connectivity index (χ1n) is 8.57. The van der Waals surface area contributed by atoms with Gasteiger partial charge in [-0.15, -0.1) is 0 Å². The van der Waals surface area contributed by atoms with Gasteiger partial charge < -0.3 is 14.3 Å². The molecule has 0 bridgehead atoms. The molecule has 4 aromatic rings. The number of carbonyl (C=O) groups excluding carboxylic acids is 1. The number of aromatic nitrogens is 2. The van der Waals surface area contributed by atoms with E-state index in [-0.39, 0.29) is 0 Å². The molecule has 0 N–H and O–H groups in total. The highest BCUT2D eigenvalue weighted by molar-refractivity contribution is 5.96. The Balaban J connectivity index is 1.82. The van der Waals surface area contributed by atoms with Gasteiger partial charge in [-0.25, -0.2) is 0 Å². The van der Waals surface area contributed by atoms with Gasteiger partial charge in [-0.2, -0.15) is 10.4 Å². The fourth-order valence-electron chi connectivity index (χ4n) is 2.98. The maximum absolute atomic E-state index is 11.2. The van der Waals surface area contributed by atoms with Crippen LogP contribution in [0.4, 0.5) is 0 Å². The highest BCUT2D eigenvalue weighted by Crippen LogP contribution is 2.30. The maximum Gasteiger partial charge on any atom is 0.156 e. The van der Waals surface area contributed by atoms with E-state index in [1.165, 1.54) is 6.08 Å². The van der Waals surface area contributed by atoms with E-state index < -0.39 is 11.5 Å². The molecular formula is C22H14N3O3-. The summed E-state index contributed by atoms with van der Waals surface area (Å²) in [5.41, 5.74) is 2.19. The third-order valence-corrected chi connectivity index (χ3v) is 4.28. The zero-order valence-corrected chi connectivity index (χ0v) is 14.7. The zero-order chi connectivity index (χ0) is 19.5. The minimum Gasteiger partial charge on any atom is -0.544 e. The first kappa shape index (κ1) is 17.3. The number of carboxylic acids is 1. The average Bonchev–Trinajstić information content (AvgIpc) is 3.30. The molecule has 0 atom stereocenters. The van der Waals surface area contributed by atoms with Crippen LogP contribution in [0.5, 0.6) is 0 Å². The molecule has 0 aliphatic heterocycles. The van der Waals surface area contributed by atoms with E-state index in [1.54, 1.807) is 16.9 Å². The van der Waals surface area contributed by atoms with Crippen molar-refractivity contribution < 1.29 is 14.3 Å². The fourth-order valence-corrected chi connectivity index (χ4v) is 2.98. The number of nitriles is 1. The number of carboxylic acid groups (broad SMARTS) is 1. The smallest absolute Gasteiger partial charge is 0.156 e. The Bertz CT molecular complexity index is 1190. The average molecular weight is 368 g/mol. The van der Waals surface area contributed by atoms with Crippen LogP contribution in [0.2, 0.25) is 0 Å². The van der Waals surface area contributed by atoms with Crippen molar-refractivity contribution >= 4 is 23.0 Å². The van der Waals surface area contributed by atoms with Crippen LogP contribution in [0.25, 0.3) is 28.5 Å². The van der Waals surface area contributed by atoms with Gasteiger partial charge in [0, 0.05) is 17.1 Å². The van der Waals surface area contributed by atoms with Gasteiger partial charge in [0.1, 0.15) is 17.3 Å². The summed E-state index contributed by atoms with van der Waals surface area (Å²) in [5.74, 6) is -1.04. The van der Waals surface area contributed by atoms with E-state index in [4.69, 9.17) is 9.68 Å². The molecule has 0 amide bonds. The molecule has 0 radical (unpaired) electrons. The van der Waals surface area contributed by atoms with Crippen molar-refractivity contribution in [2.45, 2.75) is 6.54 Å². The van der Waals surface area contributed by atoms with Crippen LogP contribution in [0.15, 0.2) is 76.9 Å². The molecule has 2 aromatic carbocycles. The van der Waals surface area contributed by atoms with E-state index in [1.807, 2.05) is 60.7 Å². The number of hydrogen-bond donors (Lipinski definition) is 0. The predicted octanol–water partition coefficient (Wildman–Crippen LogP) is 3.00. The van der Waals surface area contributed by atoms with E-state index in [2.05, 4.69) is 5.10 Å². The second-order valence-electron chi connectivity index (χ2n) is 6.22. The number of hydrogen-bond acceptors (Lipinski definition) is 5. The first-order valence-corrected chi connectivity index (χ1v) is 8.57. The predicted molar refractivity (Wildman–Crippen MR) is 102 cm³/mol. The van der Waals surface area contributed by atoms with Gasteiger partial charge in [0.2, 0.25) is 0 Å². The lowest BCUT2D eigenvalue weighted by molar-refractivity contribution is -0.298. The second kappa shape index (κ2) is 7.25. The van der Waals surface area contributed by atoms with Gasteiger partial charge in [0.05, 0.1) is 18.1 Å². The van der Waals surface area contributed by atoms with Crippen molar-refractivity contribution in [1.82, 2.24) is 9.78 Å². The van der Waals surface area contributed by atoms with Crippen molar-refractivity contribution in [2.24, 2.45) is 0 Å². The van der Waals surface area contributed by atoms with Crippen LogP contribution in [0.1, 0.15) is 11.1 Å². The number of fused-ring (bicyclic) bond motifs is 1. The number of benzene rings is 2. The Kier molecular flexibility index (Phi) is 4.48. The van der Waals surface area contributed by atoms with Crippen LogP contribution in [0.3, 0.4) is 0 Å². The number of carbonyl (C=O) groups is 1. The number of aliphatic carboxylic acids is 1. The van der Waals surface area contributed by atoms with Crippen LogP contribution in [0, 0.1) is 11.3 Å². The topological polar surface area (TPSA) is 94.9 Å². The SMILES string of the molecule is N#C/C(=C\c1cn(Cc2ccccc2)nc1-c1cc2ccccc2o1)C(=O)[O-]. The molecule has 4 rings (SSSR count). The molecule has 0 aliphatic carbocycles. The molecule has 136 valence electrons. The summed E-state index contributed by atoms with van der Waals surface area (Å²) in [5, 5.41) is 25.7. The monoisotopic (exact) mass is 368 g/mol. The minimum absolute atomic E-state index is 0.459. The van der Waals surface area contributed by atoms with E-state index >= 15 is 0 Å². The molecule has 0 spiro atoms. The molecule has 0 saturated heterocycles. The molecule has 6 heteroatoms. The Morgan fingerprint density at radius 1 is 1.18 bits per heavy atom. The standard InChI is InChI=1S/C22H15N3O3/c23-12-17(22(26)27)10-18-14-25(13-15-6-2-1-3-7-15)24-21(18)20-11-16-8-4-5-9-19(16)28-20/h1-11,14H,13H2,(H,26,27)/p-1/b17-10+. The number of para-hydroxylation sites is 1. The molecule has 0 fully saturated rings. The van der Waals surface area contributed by atoms with Crippen LogP contribution < -0.4 is 5.11 Å². The number of nitrogens with zero attached hydrogens (tertiary/aromatic N) is 3. The van der Waals surface area contributed by atoms with Gasteiger partial charge >= 0.3 is 0 Å². The van der Waals surface area contributed by atoms with Gasteiger partial charge in [-0.1, -0.05) is 48.5 Å². The Hall–Kier alpha value is -4.11. The van der Waals surface area contributed by atoms with Gasteiger partial charge in [-0.05, 0) is 23.8 Å². The zero-order valence-electron chi connectivity index (χ0n) is 14.7. The van der Waals surface area contributed by atoms with Crippen molar-refractivity contribution in [1.29, 1.82) is 5.26 Å². The Morgan fingerprint density at radius 2 is 1.93 bits per heavy atom. The molecule has 0 aliphatic rings. The summed E-state index contributed by atoms with van der Waals surface area (Å²) in [4.78, 5) is 11.2. The summed E-state index contributed by atoms with van der Waals surface area (Å²) in [7, 11) is 0. The lowest BCUT2D eigenvalue weighted by atomic mass is 10.1. The molecular weight excluding hydrogens is 354 g/mol. The molecule has 28 heavy (non-hydrogen) atoms. The normalized spacial score (nSPS) is 11.5. The largest absolute Gasteiger partial charge is 0.544 e. The van der Waals surface area contributed by atoms with Crippen molar-refractivity contribution in [3.63, 3.8) is 0 Å². The number of furan rings is 1. The van der Waals surface area contributed by atoms with E-state index in [0.717, 1.165) is 10.9 Å². The van der Waals surface area contributed by atoms with Crippen LogP contribution >= 0.6 is 0 Å². The molecule has 2 aromatic heterocycles. The summed E-state index contributed by atoms with van der Waals surface area (Å²) in [6.45, 7) is 0.495. The first-order chi connectivity index (χ1) is 13.6. The quantitative estimate of drug-likeness (QED) is 0.399. The van der Waals surface area contributed by atoms with Crippen LogP contribution in [-0.4, -0.2) is 15.7 Å². The number of rotatable bonds is 5. The lowest BCUT2D eigenvalue weighted by Crippen LogP contribution is -2.23. The van der Waals surface area contributed by atoms with Gasteiger partial charge in [0.25, 0.3) is 0 Å².